The van der Waals surface area contributed by atoms with Crippen molar-refractivity contribution >= 4 is 17.3 Å². The van der Waals surface area contributed by atoms with Crippen molar-refractivity contribution in [2.24, 2.45) is 0 Å². The van der Waals surface area contributed by atoms with Crippen LogP contribution in [0.3, 0.4) is 0 Å². The van der Waals surface area contributed by atoms with Crippen LogP contribution in [0.15, 0.2) is 35.3 Å². The normalized spacial score (nSPS) is 23.0. The molecular formula is C18H16ClN3O5. The predicted molar refractivity (Wildman–Crippen MR) is 97.0 cm³/mol. The highest BCUT2D eigenvalue weighted by molar-refractivity contribution is 6.30. The molecule has 8 nitrogen and oxygen atoms in total. The van der Waals surface area contributed by atoms with Crippen LogP contribution in [0.4, 0.5) is 5.69 Å². The Labute approximate surface area is 159 Å². The number of hydrogen-bond acceptors (Lipinski definition) is 6. The average molecular weight is 390 g/mol. The Bertz CT molecular complexity index is 1050. The van der Waals surface area contributed by atoms with Crippen LogP contribution in [-0.4, -0.2) is 25.8 Å². The number of fused-ring (bicyclic) bond motifs is 1. The van der Waals surface area contributed by atoms with E-state index in [1.807, 2.05) is 6.07 Å². The fraction of sp³-hybridized carbons (Fsp3) is 0.333. The number of pyridine rings is 1. The van der Waals surface area contributed by atoms with Crippen LogP contribution in [0.2, 0.25) is 5.02 Å². The molecule has 0 fully saturated rings. The van der Waals surface area contributed by atoms with Crippen LogP contribution in [0.25, 0.3) is 0 Å². The van der Waals surface area contributed by atoms with Crippen LogP contribution in [0.1, 0.15) is 37.9 Å². The molecule has 2 atom stereocenters. The zero-order valence-corrected chi connectivity index (χ0v) is 15.5. The number of nitrogens with zero attached hydrogens (tertiary/aromatic N) is 3. The van der Waals surface area contributed by atoms with Crippen molar-refractivity contribution in [2.75, 3.05) is 0 Å². The molecule has 0 bridgehead atoms. The molecule has 0 aliphatic carbocycles. The Kier molecular flexibility index (Phi) is 4.25. The summed E-state index contributed by atoms with van der Waals surface area (Å²) in [5, 5.41) is 31.4. The Hall–Kier alpha value is -2.89. The van der Waals surface area contributed by atoms with E-state index in [1.54, 1.807) is 26.0 Å². The molecule has 2 aromatic rings. The third-order valence-corrected chi connectivity index (χ3v) is 5.29. The maximum Gasteiger partial charge on any atom is 0.287 e. The fourth-order valence-corrected chi connectivity index (χ4v) is 3.41. The van der Waals surface area contributed by atoms with E-state index in [0.717, 1.165) is 16.8 Å². The number of nitro groups is 1. The van der Waals surface area contributed by atoms with Crippen molar-refractivity contribution < 1.29 is 14.8 Å². The van der Waals surface area contributed by atoms with Crippen molar-refractivity contribution in [1.29, 1.82) is 5.26 Å². The van der Waals surface area contributed by atoms with Crippen LogP contribution in [-0.2, 0) is 0 Å². The number of rotatable bonds is 2. The number of ether oxygens (including phenoxy) is 1. The first-order valence-corrected chi connectivity index (χ1v) is 8.39. The zero-order valence-electron chi connectivity index (χ0n) is 14.8. The Balaban J connectivity index is 2.39. The summed E-state index contributed by atoms with van der Waals surface area (Å²) in [5.74, 6) is 0.366. The maximum absolute atomic E-state index is 12.7. The van der Waals surface area contributed by atoms with Crippen LogP contribution in [0.5, 0.6) is 5.75 Å². The van der Waals surface area contributed by atoms with Gasteiger partial charge in [-0.3, -0.25) is 19.5 Å². The van der Waals surface area contributed by atoms with Gasteiger partial charge < -0.3 is 9.84 Å². The molecule has 0 radical (unpaired) electrons. The molecule has 1 aromatic heterocycles. The second kappa shape index (κ2) is 6.08. The van der Waals surface area contributed by atoms with E-state index in [-0.39, 0.29) is 5.02 Å². The fourth-order valence-electron chi connectivity index (χ4n) is 3.20. The summed E-state index contributed by atoms with van der Waals surface area (Å²) >= 11 is 5.93. The molecule has 1 N–H and O–H groups in total. The lowest BCUT2D eigenvalue weighted by molar-refractivity contribution is -0.385. The van der Waals surface area contributed by atoms with Gasteiger partial charge in [-0.15, -0.1) is 0 Å². The van der Waals surface area contributed by atoms with E-state index in [4.69, 9.17) is 16.3 Å². The van der Waals surface area contributed by atoms with Gasteiger partial charge in [0, 0.05) is 11.6 Å². The van der Waals surface area contributed by atoms with Gasteiger partial charge in [-0.2, -0.15) is 5.26 Å². The minimum Gasteiger partial charge on any atom is -0.484 e. The Morgan fingerprint density at radius 3 is 2.63 bits per heavy atom. The van der Waals surface area contributed by atoms with Gasteiger partial charge in [-0.25, -0.2) is 0 Å². The van der Waals surface area contributed by atoms with Crippen molar-refractivity contribution in [3.8, 4) is 11.8 Å². The Morgan fingerprint density at radius 2 is 2.04 bits per heavy atom. The lowest BCUT2D eigenvalue weighted by Gasteiger charge is -2.49. The third kappa shape index (κ3) is 2.85. The van der Waals surface area contributed by atoms with Crippen molar-refractivity contribution in [2.45, 2.75) is 38.0 Å². The highest BCUT2D eigenvalue weighted by atomic mass is 35.5. The highest BCUT2D eigenvalue weighted by Crippen LogP contribution is 2.48. The number of halogens is 1. The number of hydrogen-bond donors (Lipinski definition) is 1. The maximum atomic E-state index is 12.7. The predicted octanol–water partition coefficient (Wildman–Crippen LogP) is 2.79. The Morgan fingerprint density at radius 1 is 1.37 bits per heavy atom. The molecule has 3 rings (SSSR count). The SMILES string of the molecule is CC1(C)Oc2ccc(C#N)cc2C(n2cc([N+](=O)[O-])cc(Cl)c2=O)C1(C)O. The molecule has 1 aromatic carbocycles. The van der Waals surface area contributed by atoms with Gasteiger partial charge in [-0.05, 0) is 39.0 Å². The average Bonchev–Trinajstić information content (AvgIpc) is 2.58. The van der Waals surface area contributed by atoms with E-state index >= 15 is 0 Å². The molecule has 2 heterocycles. The van der Waals surface area contributed by atoms with E-state index in [0.29, 0.717) is 16.9 Å². The van der Waals surface area contributed by atoms with Gasteiger partial charge in [0.05, 0.1) is 28.8 Å². The highest BCUT2D eigenvalue weighted by Gasteiger charge is 2.54. The van der Waals surface area contributed by atoms with Crippen molar-refractivity contribution in [3.63, 3.8) is 0 Å². The zero-order chi connectivity index (χ0) is 20.1. The minimum atomic E-state index is -1.66. The first kappa shape index (κ1) is 18.9. The minimum absolute atomic E-state index is 0.294. The summed E-state index contributed by atoms with van der Waals surface area (Å²) in [6.07, 6.45) is 1.04. The van der Waals surface area contributed by atoms with Crippen LogP contribution in [0, 0.1) is 21.4 Å². The summed E-state index contributed by atoms with van der Waals surface area (Å²) < 4.78 is 6.92. The molecule has 2 unspecified atom stereocenters. The van der Waals surface area contributed by atoms with E-state index in [1.165, 1.54) is 13.0 Å². The molecule has 0 spiro atoms. The molecule has 0 saturated heterocycles. The molecule has 27 heavy (non-hydrogen) atoms. The molecule has 0 saturated carbocycles. The van der Waals surface area contributed by atoms with E-state index in [9.17, 15) is 25.3 Å². The largest absolute Gasteiger partial charge is 0.484 e. The standard InChI is InChI=1S/C18H16ClN3O5/c1-17(2)18(3,24)15(12-6-10(8-20)4-5-14(12)27-17)21-9-11(22(25)26)7-13(19)16(21)23/h4-7,9,15,24H,1-3H3. The molecular weight excluding hydrogens is 374 g/mol. The second-order valence-electron chi connectivity index (χ2n) is 7.04. The lowest BCUT2D eigenvalue weighted by atomic mass is 9.75. The summed E-state index contributed by atoms with van der Waals surface area (Å²) in [4.78, 5) is 23.3. The molecule has 140 valence electrons. The number of aliphatic hydroxyl groups is 1. The van der Waals surface area contributed by atoms with Crippen LogP contribution >= 0.6 is 11.6 Å². The topological polar surface area (TPSA) is 118 Å². The van der Waals surface area contributed by atoms with Crippen molar-refractivity contribution in [1.82, 2.24) is 4.57 Å². The molecule has 1 aliphatic rings. The monoisotopic (exact) mass is 389 g/mol. The van der Waals surface area contributed by atoms with Gasteiger partial charge in [0.25, 0.3) is 11.2 Å². The summed E-state index contributed by atoms with van der Waals surface area (Å²) in [6, 6.07) is 6.51. The third-order valence-electron chi connectivity index (χ3n) is 5.02. The first-order valence-electron chi connectivity index (χ1n) is 8.01. The number of nitriles is 1. The van der Waals surface area contributed by atoms with Crippen molar-refractivity contribution in [3.05, 3.63) is 67.1 Å². The first-order chi connectivity index (χ1) is 12.5. The van der Waals surface area contributed by atoms with Gasteiger partial charge in [-0.1, -0.05) is 11.6 Å². The van der Waals surface area contributed by atoms with E-state index in [2.05, 4.69) is 0 Å². The quantitative estimate of drug-likeness (QED) is 0.623. The second-order valence-corrected chi connectivity index (χ2v) is 7.45. The number of aromatic nitrogens is 1. The smallest absolute Gasteiger partial charge is 0.287 e. The van der Waals surface area contributed by atoms with Crippen LogP contribution < -0.4 is 10.3 Å². The lowest BCUT2D eigenvalue weighted by Crippen LogP contribution is -2.60. The van der Waals surface area contributed by atoms with Gasteiger partial charge >= 0.3 is 0 Å². The summed E-state index contributed by atoms with van der Waals surface area (Å²) in [5.41, 5.74) is -3.23. The van der Waals surface area contributed by atoms with Gasteiger partial charge in [0.2, 0.25) is 0 Å². The molecule has 1 aliphatic heterocycles. The molecule has 9 heteroatoms. The van der Waals surface area contributed by atoms with Gasteiger partial charge in [0.15, 0.2) is 0 Å². The summed E-state index contributed by atoms with van der Waals surface area (Å²) in [6.45, 7) is 4.76. The summed E-state index contributed by atoms with van der Waals surface area (Å²) in [7, 11) is 0. The van der Waals surface area contributed by atoms with Gasteiger partial charge in [0.1, 0.15) is 22.0 Å². The number of benzene rings is 1. The molecule has 0 amide bonds. The van der Waals surface area contributed by atoms with E-state index < -0.39 is 33.4 Å².